The Hall–Kier alpha value is -1.90. The molecule has 0 aliphatic rings. The number of carboxylic acids is 1. The Morgan fingerprint density at radius 1 is 1.48 bits per heavy atom. The number of halogens is 1. The molecule has 1 unspecified atom stereocenters. The average Bonchev–Trinajstić information content (AvgIpc) is 2.92. The number of nitrogens with one attached hydrogen (secondary N) is 2. The molecule has 1 aromatic heterocycles. The molecular weight excluding hydrogens is 318 g/mol. The molecule has 3 N–H and O–H groups in total. The summed E-state index contributed by atoms with van der Waals surface area (Å²) in [5.41, 5.74) is 0.390. The second-order valence-electron chi connectivity index (χ2n) is 4.32. The van der Waals surface area contributed by atoms with E-state index in [9.17, 15) is 13.2 Å². The SMILES string of the molecule is CC(NS(=O)(=O)c1ccc(Cl)c(C(=O)O)c1)c1cn[nH]c1. The highest BCUT2D eigenvalue weighted by atomic mass is 35.5. The number of sulfonamides is 1. The van der Waals surface area contributed by atoms with Gasteiger partial charge in [0.05, 0.1) is 21.7 Å². The van der Waals surface area contributed by atoms with Crippen molar-refractivity contribution in [2.45, 2.75) is 17.9 Å². The number of aromatic carboxylic acids is 1. The molecule has 0 spiro atoms. The molecule has 21 heavy (non-hydrogen) atoms. The molecule has 9 heteroatoms. The first kappa shape index (κ1) is 15.5. The summed E-state index contributed by atoms with van der Waals surface area (Å²) in [5.74, 6) is -1.29. The van der Waals surface area contributed by atoms with Gasteiger partial charge in [0.1, 0.15) is 0 Å². The van der Waals surface area contributed by atoms with Crippen LogP contribution in [0.15, 0.2) is 35.5 Å². The zero-order valence-corrected chi connectivity index (χ0v) is 12.4. The van der Waals surface area contributed by atoms with Crippen molar-refractivity contribution in [2.75, 3.05) is 0 Å². The summed E-state index contributed by atoms with van der Waals surface area (Å²) >= 11 is 5.72. The first-order valence-electron chi connectivity index (χ1n) is 5.85. The Bertz CT molecular complexity index is 759. The molecule has 2 aromatic rings. The Morgan fingerprint density at radius 2 is 2.19 bits per heavy atom. The summed E-state index contributed by atoms with van der Waals surface area (Å²) in [4.78, 5) is 10.8. The Balaban J connectivity index is 2.32. The maximum atomic E-state index is 12.2. The van der Waals surface area contributed by atoms with Crippen molar-refractivity contribution in [1.82, 2.24) is 14.9 Å². The Morgan fingerprint density at radius 3 is 2.76 bits per heavy atom. The molecule has 0 radical (unpaired) electrons. The summed E-state index contributed by atoms with van der Waals surface area (Å²) in [6.45, 7) is 1.65. The van der Waals surface area contributed by atoms with E-state index in [2.05, 4.69) is 14.9 Å². The minimum atomic E-state index is -3.87. The number of H-pyrrole nitrogens is 1. The highest BCUT2D eigenvalue weighted by Crippen LogP contribution is 2.22. The lowest BCUT2D eigenvalue weighted by Gasteiger charge is -2.13. The molecule has 0 bridgehead atoms. The lowest BCUT2D eigenvalue weighted by molar-refractivity contribution is 0.0697. The molecule has 0 fully saturated rings. The molecule has 7 nitrogen and oxygen atoms in total. The summed E-state index contributed by atoms with van der Waals surface area (Å²) in [6, 6.07) is 2.99. The monoisotopic (exact) mass is 329 g/mol. The van der Waals surface area contributed by atoms with Crippen molar-refractivity contribution in [3.63, 3.8) is 0 Å². The lowest BCUT2D eigenvalue weighted by Crippen LogP contribution is -2.26. The van der Waals surface area contributed by atoms with Gasteiger partial charge in [-0.1, -0.05) is 11.6 Å². The zero-order chi connectivity index (χ0) is 15.6. The third-order valence-corrected chi connectivity index (χ3v) is 4.70. The second-order valence-corrected chi connectivity index (χ2v) is 6.44. The Kier molecular flexibility index (Phi) is 4.31. The predicted octanol–water partition coefficient (Wildman–Crippen LogP) is 1.80. The Labute approximate surface area is 126 Å². The van der Waals surface area contributed by atoms with Crippen molar-refractivity contribution < 1.29 is 18.3 Å². The fraction of sp³-hybridized carbons (Fsp3) is 0.167. The van der Waals surface area contributed by atoms with Gasteiger partial charge in [-0.15, -0.1) is 0 Å². The molecule has 0 aliphatic carbocycles. The van der Waals surface area contributed by atoms with Gasteiger partial charge in [0, 0.05) is 17.8 Å². The number of rotatable bonds is 5. The van der Waals surface area contributed by atoms with E-state index in [0.29, 0.717) is 5.56 Å². The number of benzene rings is 1. The molecule has 1 heterocycles. The number of aromatic nitrogens is 2. The summed E-state index contributed by atoms with van der Waals surface area (Å²) < 4.78 is 26.9. The van der Waals surface area contributed by atoms with Crippen LogP contribution < -0.4 is 4.72 Å². The smallest absolute Gasteiger partial charge is 0.337 e. The number of hydrogen-bond donors (Lipinski definition) is 3. The number of hydrogen-bond acceptors (Lipinski definition) is 4. The maximum absolute atomic E-state index is 12.2. The molecule has 0 saturated heterocycles. The van der Waals surface area contributed by atoms with Crippen molar-refractivity contribution in [1.29, 1.82) is 0 Å². The summed E-state index contributed by atoms with van der Waals surface area (Å²) in [6.07, 6.45) is 3.06. The topological polar surface area (TPSA) is 112 Å². The quantitative estimate of drug-likeness (QED) is 0.774. The minimum Gasteiger partial charge on any atom is -0.478 e. The van der Waals surface area contributed by atoms with Crippen molar-refractivity contribution >= 4 is 27.6 Å². The molecule has 112 valence electrons. The molecular formula is C12H12ClN3O4S. The standard InChI is InChI=1S/C12H12ClN3O4S/c1-7(8-5-14-15-6-8)16-21(19,20)9-2-3-11(13)10(4-9)12(17)18/h2-7,16H,1H3,(H,14,15)(H,17,18). The van der Waals surface area contributed by atoms with Gasteiger partial charge in [-0.3, -0.25) is 5.10 Å². The number of carboxylic acid groups (broad SMARTS) is 1. The van der Waals surface area contributed by atoms with Crippen molar-refractivity contribution in [3.05, 3.63) is 46.7 Å². The first-order valence-corrected chi connectivity index (χ1v) is 7.71. The number of nitrogens with zero attached hydrogens (tertiary/aromatic N) is 1. The van der Waals surface area contributed by atoms with E-state index < -0.39 is 22.0 Å². The molecule has 1 atom stereocenters. The number of aromatic amines is 1. The normalized spacial score (nSPS) is 13.0. The molecule has 0 aliphatic heterocycles. The van der Waals surface area contributed by atoms with Gasteiger partial charge in [0.2, 0.25) is 10.0 Å². The molecule has 0 amide bonds. The fourth-order valence-corrected chi connectivity index (χ4v) is 3.16. The average molecular weight is 330 g/mol. The van der Waals surface area contributed by atoms with Crippen molar-refractivity contribution in [3.8, 4) is 0 Å². The van der Waals surface area contributed by atoms with Crippen LogP contribution in [0.1, 0.15) is 28.9 Å². The van der Waals surface area contributed by atoms with Gasteiger partial charge in [-0.2, -0.15) is 5.10 Å². The zero-order valence-electron chi connectivity index (χ0n) is 10.9. The fourth-order valence-electron chi connectivity index (χ4n) is 1.70. The maximum Gasteiger partial charge on any atom is 0.337 e. The minimum absolute atomic E-state index is 0.0238. The lowest BCUT2D eigenvalue weighted by atomic mass is 10.2. The van der Waals surface area contributed by atoms with E-state index >= 15 is 0 Å². The predicted molar refractivity (Wildman–Crippen MR) is 75.7 cm³/mol. The van der Waals surface area contributed by atoms with Gasteiger partial charge >= 0.3 is 5.97 Å². The van der Waals surface area contributed by atoms with E-state index in [-0.39, 0.29) is 15.5 Å². The van der Waals surface area contributed by atoms with Crippen LogP contribution in [0.3, 0.4) is 0 Å². The van der Waals surface area contributed by atoms with E-state index in [0.717, 1.165) is 6.07 Å². The second kappa shape index (κ2) is 5.84. The molecule has 0 saturated carbocycles. The van der Waals surface area contributed by atoms with Gasteiger partial charge in [0.25, 0.3) is 0 Å². The van der Waals surface area contributed by atoms with Gasteiger partial charge in [0.15, 0.2) is 0 Å². The van der Waals surface area contributed by atoms with Gasteiger partial charge in [-0.05, 0) is 25.1 Å². The van der Waals surface area contributed by atoms with Crippen LogP contribution in [0.25, 0.3) is 0 Å². The molecule has 2 rings (SSSR count). The van der Waals surface area contributed by atoms with Crippen LogP contribution in [0, 0.1) is 0 Å². The summed E-state index contributed by atoms with van der Waals surface area (Å²) in [7, 11) is -3.87. The van der Waals surface area contributed by atoms with Crippen molar-refractivity contribution in [2.24, 2.45) is 0 Å². The van der Waals surface area contributed by atoms with Crippen LogP contribution in [0.2, 0.25) is 5.02 Å². The van der Waals surface area contributed by atoms with Crippen LogP contribution in [0.5, 0.6) is 0 Å². The van der Waals surface area contributed by atoms with Crippen LogP contribution in [-0.4, -0.2) is 29.7 Å². The van der Waals surface area contributed by atoms with E-state index in [1.165, 1.54) is 18.3 Å². The highest BCUT2D eigenvalue weighted by Gasteiger charge is 2.21. The van der Waals surface area contributed by atoms with E-state index in [1.54, 1.807) is 13.1 Å². The molecule has 1 aromatic carbocycles. The third-order valence-electron chi connectivity index (χ3n) is 2.83. The third kappa shape index (κ3) is 3.41. The number of carbonyl (C=O) groups is 1. The van der Waals surface area contributed by atoms with Gasteiger partial charge < -0.3 is 5.11 Å². The van der Waals surface area contributed by atoms with Crippen LogP contribution in [0.4, 0.5) is 0 Å². The summed E-state index contributed by atoms with van der Waals surface area (Å²) in [5, 5.41) is 15.3. The first-order chi connectivity index (χ1) is 9.81. The largest absolute Gasteiger partial charge is 0.478 e. The van der Waals surface area contributed by atoms with Crippen LogP contribution in [-0.2, 0) is 10.0 Å². The highest BCUT2D eigenvalue weighted by molar-refractivity contribution is 7.89. The van der Waals surface area contributed by atoms with E-state index in [4.69, 9.17) is 16.7 Å². The van der Waals surface area contributed by atoms with Crippen LogP contribution >= 0.6 is 11.6 Å². The van der Waals surface area contributed by atoms with E-state index in [1.807, 2.05) is 0 Å². The van der Waals surface area contributed by atoms with Gasteiger partial charge in [-0.25, -0.2) is 17.9 Å².